The highest BCUT2D eigenvalue weighted by atomic mass is 19.1. The minimum atomic E-state index is -1.50. The van der Waals surface area contributed by atoms with Crippen LogP contribution in [0.4, 0.5) is 10.1 Å². The average molecular weight is 884 g/mol. The van der Waals surface area contributed by atoms with E-state index in [1.54, 1.807) is 12.1 Å². The second-order valence-corrected chi connectivity index (χ2v) is 18.6. The molecule has 3 fully saturated rings. The van der Waals surface area contributed by atoms with Gasteiger partial charge < -0.3 is 34.4 Å². The zero-order valence-corrected chi connectivity index (χ0v) is 37.8. The lowest BCUT2D eigenvalue weighted by molar-refractivity contribution is -0.155. The fourth-order valence-corrected chi connectivity index (χ4v) is 9.70. The van der Waals surface area contributed by atoms with Crippen molar-refractivity contribution in [2.45, 2.75) is 127 Å². The van der Waals surface area contributed by atoms with E-state index >= 15 is 0 Å². The highest BCUT2D eigenvalue weighted by Crippen LogP contribution is 2.47. The number of Topliss-reactive ketones (excluding diaryl/α,β-unsaturated/α-hetero) is 2. The summed E-state index contributed by atoms with van der Waals surface area (Å²) in [4.78, 5) is 84.3. The maximum atomic E-state index is 14.2. The Morgan fingerprint density at radius 1 is 0.609 bits per heavy atom. The number of ether oxygens (including phenoxy) is 2. The van der Waals surface area contributed by atoms with Crippen LogP contribution in [0.15, 0.2) is 72.8 Å². The molecule has 0 radical (unpaired) electrons. The van der Waals surface area contributed by atoms with Crippen molar-refractivity contribution in [3.8, 4) is 0 Å². The summed E-state index contributed by atoms with van der Waals surface area (Å²) in [5.74, 6) is -4.79. The van der Waals surface area contributed by atoms with Gasteiger partial charge in [0.05, 0.1) is 74.3 Å². The first kappa shape index (κ1) is 48.0. The molecule has 64 heavy (non-hydrogen) atoms. The highest BCUT2D eigenvalue weighted by Gasteiger charge is 2.45. The van der Waals surface area contributed by atoms with Crippen molar-refractivity contribution in [2.75, 3.05) is 32.2 Å². The molecule has 3 aromatic carbocycles. The van der Waals surface area contributed by atoms with Crippen LogP contribution in [-0.4, -0.2) is 106 Å². The molecule has 0 bridgehead atoms. The molecule has 2 N–H and O–H groups in total. The van der Waals surface area contributed by atoms with Crippen molar-refractivity contribution >= 4 is 41.0 Å². The summed E-state index contributed by atoms with van der Waals surface area (Å²) in [5, 5.41) is 21.5. The number of hydrogen-bond acceptors (Lipinski definition) is 11. The molecule has 0 aromatic heterocycles. The maximum Gasteiger partial charge on any atom is 0.306 e. The van der Waals surface area contributed by atoms with E-state index in [4.69, 9.17) is 9.47 Å². The molecule has 6 atom stereocenters. The van der Waals surface area contributed by atoms with Crippen molar-refractivity contribution in [2.24, 2.45) is 11.8 Å². The number of methoxy groups -OCH3 is 2. The summed E-state index contributed by atoms with van der Waals surface area (Å²) >= 11 is 0. The van der Waals surface area contributed by atoms with Gasteiger partial charge in [0.2, 0.25) is 11.8 Å². The van der Waals surface area contributed by atoms with Crippen molar-refractivity contribution in [1.29, 1.82) is 0 Å². The lowest BCUT2D eigenvalue weighted by atomic mass is 9.86. The van der Waals surface area contributed by atoms with Gasteiger partial charge in [-0.1, -0.05) is 48.5 Å². The maximum absolute atomic E-state index is 14.2. The van der Waals surface area contributed by atoms with Gasteiger partial charge in [-0.2, -0.15) is 0 Å². The second kappa shape index (κ2) is 20.1. The van der Waals surface area contributed by atoms with E-state index in [2.05, 4.69) is 4.90 Å². The second-order valence-electron chi connectivity index (χ2n) is 18.6. The molecule has 344 valence electrons. The predicted octanol–water partition coefficient (Wildman–Crippen LogP) is 6.01. The number of rotatable bonds is 17. The molecule has 0 aliphatic carbocycles. The minimum absolute atomic E-state index is 0.0733. The number of ketones is 2. The number of anilines is 1. The lowest BCUT2D eigenvalue weighted by Gasteiger charge is -2.34. The van der Waals surface area contributed by atoms with Crippen LogP contribution >= 0.6 is 0 Å². The molecule has 0 unspecified atom stereocenters. The van der Waals surface area contributed by atoms with E-state index in [9.17, 15) is 43.4 Å². The summed E-state index contributed by atoms with van der Waals surface area (Å²) in [7, 11) is 2.46. The van der Waals surface area contributed by atoms with Crippen LogP contribution in [-0.2, 0) is 51.1 Å². The van der Waals surface area contributed by atoms with Gasteiger partial charge in [-0.05, 0) is 113 Å². The molecule has 0 saturated carbocycles. The van der Waals surface area contributed by atoms with Crippen LogP contribution in [0.25, 0.3) is 0 Å². The van der Waals surface area contributed by atoms with Gasteiger partial charge in [-0.3, -0.25) is 28.8 Å². The summed E-state index contributed by atoms with van der Waals surface area (Å²) in [6, 6.07) is 20.7. The minimum Gasteiger partial charge on any atom is -0.469 e. The van der Waals surface area contributed by atoms with Crippen molar-refractivity contribution in [3.05, 3.63) is 101 Å². The molecule has 14 heteroatoms. The Bertz CT molecular complexity index is 2030. The number of halogens is 1. The Morgan fingerprint density at radius 2 is 0.984 bits per heavy atom. The number of nitrogens with zero attached hydrogens (tertiary/aromatic N) is 3. The SMILES string of the molecule is COC(=O)C[C@H](C(=O)N1CCC[C@H]1C(=O)Cc1ccc([C@H]2CC[C@H](c3ccc(CC(=O)[C@@H]4CCCN4C(=O)[C@@H](CC(=O)OC)C(C)(C)O)cc3)N2c2ccc(F)cc2)cc1)C(C)(C)O. The fraction of sp³-hybridized carbons (Fsp3) is 0.520. The van der Waals surface area contributed by atoms with Crippen LogP contribution in [0.3, 0.4) is 0 Å². The molecule has 3 aliphatic rings. The van der Waals surface area contributed by atoms with Crippen LogP contribution in [0.2, 0.25) is 0 Å². The highest BCUT2D eigenvalue weighted by molar-refractivity contribution is 5.94. The van der Waals surface area contributed by atoms with Gasteiger partial charge in [0.25, 0.3) is 0 Å². The number of amides is 2. The molecular formula is C50H62FN3O10. The number of likely N-dealkylation sites (tertiary alicyclic amines) is 2. The van der Waals surface area contributed by atoms with Crippen LogP contribution in [0.5, 0.6) is 0 Å². The third-order valence-electron chi connectivity index (χ3n) is 13.3. The van der Waals surface area contributed by atoms with Gasteiger partial charge in [0.15, 0.2) is 11.6 Å². The smallest absolute Gasteiger partial charge is 0.306 e. The van der Waals surface area contributed by atoms with Gasteiger partial charge in [-0.15, -0.1) is 0 Å². The molecule has 0 spiro atoms. The molecule has 2 amide bonds. The topological polar surface area (TPSA) is 171 Å². The van der Waals surface area contributed by atoms with Crippen molar-refractivity contribution in [3.63, 3.8) is 0 Å². The number of carbonyl (C=O) groups is 6. The third kappa shape index (κ3) is 11.1. The number of benzene rings is 3. The van der Waals surface area contributed by atoms with Crippen LogP contribution < -0.4 is 4.90 Å². The van der Waals surface area contributed by atoms with E-state index in [0.717, 1.165) is 40.8 Å². The van der Waals surface area contributed by atoms with E-state index < -0.39 is 58.9 Å². The van der Waals surface area contributed by atoms with E-state index in [1.165, 1.54) is 63.8 Å². The van der Waals surface area contributed by atoms with Gasteiger partial charge in [0.1, 0.15) is 5.82 Å². The third-order valence-corrected chi connectivity index (χ3v) is 13.3. The Morgan fingerprint density at radius 3 is 1.33 bits per heavy atom. The Hall–Kier alpha value is -5.47. The summed E-state index contributed by atoms with van der Waals surface area (Å²) in [6.07, 6.45) is 3.47. The fourth-order valence-electron chi connectivity index (χ4n) is 9.70. The quantitative estimate of drug-likeness (QED) is 0.152. The van der Waals surface area contributed by atoms with Crippen molar-refractivity contribution in [1.82, 2.24) is 9.80 Å². The number of hydrogen-bond donors (Lipinski definition) is 2. The monoisotopic (exact) mass is 883 g/mol. The molecule has 6 rings (SSSR count). The number of carbonyl (C=O) groups excluding carboxylic acids is 6. The molecular weight excluding hydrogens is 822 g/mol. The van der Waals surface area contributed by atoms with E-state index in [1.807, 2.05) is 48.5 Å². The summed E-state index contributed by atoms with van der Waals surface area (Å²) in [6.45, 7) is 6.62. The van der Waals surface area contributed by atoms with E-state index in [-0.39, 0.29) is 55.2 Å². The zero-order valence-electron chi connectivity index (χ0n) is 37.8. The van der Waals surface area contributed by atoms with Crippen LogP contribution in [0.1, 0.15) is 113 Å². The first-order valence-corrected chi connectivity index (χ1v) is 22.3. The van der Waals surface area contributed by atoms with E-state index in [0.29, 0.717) is 38.8 Å². The average Bonchev–Trinajstić information content (AvgIpc) is 4.05. The first-order chi connectivity index (χ1) is 30.3. The largest absolute Gasteiger partial charge is 0.469 e. The van der Waals surface area contributed by atoms with Crippen LogP contribution in [0, 0.1) is 17.7 Å². The van der Waals surface area contributed by atoms with Crippen molar-refractivity contribution < 1.29 is 52.8 Å². The molecule has 3 aromatic rings. The Kier molecular flexibility index (Phi) is 15.1. The Balaban J connectivity index is 1.14. The number of esters is 2. The Labute approximate surface area is 374 Å². The first-order valence-electron chi connectivity index (χ1n) is 22.3. The lowest BCUT2D eigenvalue weighted by Crippen LogP contribution is -2.50. The molecule has 3 heterocycles. The van der Waals surface area contributed by atoms with Gasteiger partial charge in [-0.25, -0.2) is 4.39 Å². The molecule has 3 aliphatic heterocycles. The normalized spacial score (nSPS) is 21.1. The summed E-state index contributed by atoms with van der Waals surface area (Å²) in [5.41, 5.74) is 1.48. The predicted molar refractivity (Wildman–Crippen MR) is 236 cm³/mol. The van der Waals surface area contributed by atoms with Gasteiger partial charge >= 0.3 is 11.9 Å². The molecule has 3 saturated heterocycles. The van der Waals surface area contributed by atoms with Gasteiger partial charge in [0, 0.05) is 31.6 Å². The summed E-state index contributed by atoms with van der Waals surface area (Å²) < 4.78 is 23.8. The standard InChI is InChI=1S/C50H62FN3O10/c1-49(2,61)37(29-45(57)63-5)47(59)52-25-7-9-41(52)43(55)27-31-11-15-33(16-12-31)39-23-24-40(54(39)36-21-19-35(51)20-22-36)34-17-13-32(14-18-34)28-44(56)42-10-8-26-53(42)48(60)38(50(3,4)62)30-46(58)64-6/h11-22,37-42,61-62H,7-10,23-30H2,1-6H3/t37-,38-,39-,40-,41+,42+/m1/s1. The zero-order chi connectivity index (χ0) is 46.5. The number of aliphatic hydroxyl groups is 2. The molecule has 13 nitrogen and oxygen atoms in total.